The third-order valence-electron chi connectivity index (χ3n) is 3.80. The second-order valence-electron chi connectivity index (χ2n) is 5.94. The van der Waals surface area contributed by atoms with E-state index in [0.29, 0.717) is 25.1 Å². The molecule has 0 heterocycles. The summed E-state index contributed by atoms with van der Waals surface area (Å²) in [6.45, 7) is 4.08. The zero-order valence-electron chi connectivity index (χ0n) is 15.2. The number of rotatable bonds is 10. The van der Waals surface area contributed by atoms with Crippen molar-refractivity contribution >= 4 is 23.5 Å². The molecule has 0 unspecified atom stereocenters. The van der Waals surface area contributed by atoms with Crippen LogP contribution < -0.4 is 5.32 Å². The van der Waals surface area contributed by atoms with E-state index < -0.39 is 12.0 Å². The van der Waals surface area contributed by atoms with Gasteiger partial charge in [0.15, 0.2) is 0 Å². The van der Waals surface area contributed by atoms with Crippen molar-refractivity contribution in [3.05, 3.63) is 29.8 Å². The van der Waals surface area contributed by atoms with Gasteiger partial charge in [-0.05, 0) is 24.5 Å². The molecule has 1 amide bonds. The van der Waals surface area contributed by atoms with Crippen molar-refractivity contribution in [2.75, 3.05) is 19.0 Å². The van der Waals surface area contributed by atoms with E-state index in [1.54, 1.807) is 13.0 Å². The molecule has 0 aliphatic heterocycles. The first-order chi connectivity index (χ1) is 12.0. The smallest absolute Gasteiger partial charge is 0.411 e. The van der Waals surface area contributed by atoms with E-state index in [-0.39, 0.29) is 18.2 Å². The quantitative estimate of drug-likeness (QED) is 0.514. The number of esters is 1. The number of methoxy groups -OCH3 is 1. The largest absolute Gasteiger partial charge is 0.469 e. The SMILES string of the molecule is CCCCOC(=O)Nc1ccccc1CCC(=O)C[C@H](C)C(=O)OC. The highest BCUT2D eigenvalue weighted by atomic mass is 16.5. The van der Waals surface area contributed by atoms with Crippen molar-refractivity contribution in [2.24, 2.45) is 5.92 Å². The van der Waals surface area contributed by atoms with Crippen LogP contribution in [0.1, 0.15) is 45.1 Å². The van der Waals surface area contributed by atoms with Gasteiger partial charge in [0.2, 0.25) is 0 Å². The molecule has 1 rings (SSSR count). The maximum atomic E-state index is 12.0. The number of para-hydroxylation sites is 1. The maximum absolute atomic E-state index is 12.0. The minimum absolute atomic E-state index is 0.0155. The van der Waals surface area contributed by atoms with Gasteiger partial charge in [0.25, 0.3) is 0 Å². The lowest BCUT2D eigenvalue weighted by Gasteiger charge is -2.12. The lowest BCUT2D eigenvalue weighted by atomic mass is 9.99. The van der Waals surface area contributed by atoms with Gasteiger partial charge in [0.05, 0.1) is 19.6 Å². The van der Waals surface area contributed by atoms with Crippen LogP contribution >= 0.6 is 0 Å². The van der Waals surface area contributed by atoms with Crippen LogP contribution in [0.2, 0.25) is 0 Å². The summed E-state index contributed by atoms with van der Waals surface area (Å²) in [7, 11) is 1.31. The van der Waals surface area contributed by atoms with Gasteiger partial charge in [0, 0.05) is 18.5 Å². The van der Waals surface area contributed by atoms with Gasteiger partial charge in [-0.25, -0.2) is 4.79 Å². The van der Waals surface area contributed by atoms with E-state index in [2.05, 4.69) is 10.1 Å². The minimum Gasteiger partial charge on any atom is -0.469 e. The van der Waals surface area contributed by atoms with Gasteiger partial charge in [0.1, 0.15) is 5.78 Å². The number of ketones is 1. The molecule has 0 saturated heterocycles. The Kier molecular flexibility index (Phi) is 9.29. The number of benzene rings is 1. The van der Waals surface area contributed by atoms with Crippen LogP contribution in [0, 0.1) is 5.92 Å². The molecule has 0 aliphatic carbocycles. The van der Waals surface area contributed by atoms with E-state index in [0.717, 1.165) is 18.4 Å². The molecule has 0 saturated carbocycles. The van der Waals surface area contributed by atoms with E-state index in [1.165, 1.54) is 7.11 Å². The van der Waals surface area contributed by atoms with Crippen molar-refractivity contribution in [3.8, 4) is 0 Å². The van der Waals surface area contributed by atoms with Gasteiger partial charge in [-0.1, -0.05) is 38.5 Å². The Bertz CT molecular complexity index is 585. The topological polar surface area (TPSA) is 81.7 Å². The van der Waals surface area contributed by atoms with Crippen molar-refractivity contribution in [1.29, 1.82) is 0 Å². The standard InChI is InChI=1S/C19H27NO5/c1-4-5-12-25-19(23)20-17-9-7-6-8-15(17)10-11-16(21)13-14(2)18(22)24-3/h6-9,14H,4-5,10-13H2,1-3H3,(H,20,23)/t14-/m0/s1. The third kappa shape index (κ3) is 7.83. The molecule has 0 aliphatic rings. The Morgan fingerprint density at radius 3 is 2.60 bits per heavy atom. The van der Waals surface area contributed by atoms with Crippen LogP contribution in [0.3, 0.4) is 0 Å². The fourth-order valence-corrected chi connectivity index (χ4v) is 2.32. The highest BCUT2D eigenvalue weighted by molar-refractivity contribution is 5.86. The summed E-state index contributed by atoms with van der Waals surface area (Å²) in [5, 5.41) is 2.71. The number of ether oxygens (including phenoxy) is 2. The van der Waals surface area contributed by atoms with Gasteiger partial charge in [-0.15, -0.1) is 0 Å². The highest BCUT2D eigenvalue weighted by Gasteiger charge is 2.17. The summed E-state index contributed by atoms with van der Waals surface area (Å²) in [6, 6.07) is 7.30. The Morgan fingerprint density at radius 1 is 1.20 bits per heavy atom. The number of hydrogen-bond acceptors (Lipinski definition) is 5. The van der Waals surface area contributed by atoms with Crippen molar-refractivity contribution in [3.63, 3.8) is 0 Å². The monoisotopic (exact) mass is 349 g/mol. The summed E-state index contributed by atoms with van der Waals surface area (Å²) in [5.41, 5.74) is 1.49. The van der Waals surface area contributed by atoms with Crippen LogP contribution in [-0.4, -0.2) is 31.6 Å². The molecule has 0 spiro atoms. The predicted molar refractivity (Wildman–Crippen MR) is 95.4 cm³/mol. The number of amides is 1. The summed E-state index contributed by atoms with van der Waals surface area (Å²) < 4.78 is 9.72. The van der Waals surface area contributed by atoms with E-state index >= 15 is 0 Å². The average Bonchev–Trinajstić information content (AvgIpc) is 2.60. The fourth-order valence-electron chi connectivity index (χ4n) is 2.32. The van der Waals surface area contributed by atoms with Gasteiger partial charge in [-0.2, -0.15) is 0 Å². The summed E-state index contributed by atoms with van der Waals surface area (Å²) in [4.78, 5) is 35.2. The highest BCUT2D eigenvalue weighted by Crippen LogP contribution is 2.18. The van der Waals surface area contributed by atoms with E-state index in [9.17, 15) is 14.4 Å². The molecule has 1 aromatic carbocycles. The van der Waals surface area contributed by atoms with Crippen LogP contribution in [0.4, 0.5) is 10.5 Å². The normalized spacial score (nSPS) is 11.5. The molecule has 0 aromatic heterocycles. The van der Waals surface area contributed by atoms with Crippen molar-refractivity contribution < 1.29 is 23.9 Å². The fraction of sp³-hybridized carbons (Fsp3) is 0.526. The molecule has 0 radical (unpaired) electrons. The maximum Gasteiger partial charge on any atom is 0.411 e. The second kappa shape index (κ2) is 11.2. The zero-order chi connectivity index (χ0) is 18.7. The molecular weight excluding hydrogens is 322 g/mol. The first-order valence-electron chi connectivity index (χ1n) is 8.59. The third-order valence-corrected chi connectivity index (χ3v) is 3.80. The van der Waals surface area contributed by atoms with Crippen LogP contribution in [0.5, 0.6) is 0 Å². The van der Waals surface area contributed by atoms with E-state index in [4.69, 9.17) is 4.74 Å². The second-order valence-corrected chi connectivity index (χ2v) is 5.94. The molecule has 6 heteroatoms. The number of Topliss-reactive ketones (excluding diaryl/α,β-unsaturated/α-hetero) is 1. The Morgan fingerprint density at radius 2 is 1.92 bits per heavy atom. The minimum atomic E-state index is -0.494. The van der Waals surface area contributed by atoms with Gasteiger partial charge >= 0.3 is 12.1 Å². The summed E-state index contributed by atoms with van der Waals surface area (Å²) in [6.07, 6.45) is 2.22. The van der Waals surface area contributed by atoms with Crippen LogP contribution in [0.25, 0.3) is 0 Å². The number of carbonyl (C=O) groups is 3. The number of aryl methyl sites for hydroxylation is 1. The molecule has 25 heavy (non-hydrogen) atoms. The van der Waals surface area contributed by atoms with Gasteiger partial charge in [-0.3, -0.25) is 14.9 Å². The molecule has 0 bridgehead atoms. The van der Waals surface area contributed by atoms with Crippen LogP contribution in [-0.2, 0) is 25.5 Å². The first kappa shape index (κ1) is 20.7. The molecule has 6 nitrogen and oxygen atoms in total. The van der Waals surface area contributed by atoms with Crippen molar-refractivity contribution in [2.45, 2.75) is 46.0 Å². The number of hydrogen-bond donors (Lipinski definition) is 1. The van der Waals surface area contributed by atoms with Crippen LogP contribution in [0.15, 0.2) is 24.3 Å². The number of unbranched alkanes of at least 4 members (excludes halogenated alkanes) is 1. The molecule has 138 valence electrons. The molecule has 1 aromatic rings. The van der Waals surface area contributed by atoms with Crippen molar-refractivity contribution in [1.82, 2.24) is 0 Å². The Labute approximate surface area is 148 Å². The summed E-state index contributed by atoms with van der Waals surface area (Å²) >= 11 is 0. The first-order valence-corrected chi connectivity index (χ1v) is 8.59. The Balaban J connectivity index is 2.55. The lowest BCUT2D eigenvalue weighted by Crippen LogP contribution is -2.18. The number of carbonyl (C=O) groups excluding carboxylic acids is 3. The zero-order valence-corrected chi connectivity index (χ0v) is 15.2. The molecule has 0 fully saturated rings. The Hall–Kier alpha value is -2.37. The number of nitrogens with one attached hydrogen (secondary N) is 1. The number of anilines is 1. The average molecular weight is 349 g/mol. The summed E-state index contributed by atoms with van der Waals surface area (Å²) in [5.74, 6) is -0.845. The van der Waals surface area contributed by atoms with E-state index in [1.807, 2.05) is 25.1 Å². The predicted octanol–water partition coefficient (Wildman–Crippen LogP) is 3.74. The molecule has 1 atom stereocenters. The molecular formula is C19H27NO5. The van der Waals surface area contributed by atoms with Gasteiger partial charge < -0.3 is 9.47 Å². The molecule has 1 N–H and O–H groups in total. The lowest BCUT2D eigenvalue weighted by molar-refractivity contribution is -0.146.